The molecule has 10 rings (SSSR count). The van der Waals surface area contributed by atoms with Crippen molar-refractivity contribution in [1.82, 2.24) is 5.32 Å². The first-order valence-corrected chi connectivity index (χ1v) is 17.3. The largest absolute Gasteiger partial charge is 0.456 e. The van der Waals surface area contributed by atoms with Crippen LogP contribution in [0.3, 0.4) is 0 Å². The Morgan fingerprint density at radius 3 is 1.84 bits per heavy atom. The van der Waals surface area contributed by atoms with E-state index >= 15 is 0 Å². The molecule has 4 heteroatoms. The van der Waals surface area contributed by atoms with Gasteiger partial charge in [-0.1, -0.05) is 152 Å². The number of fused-ring (bicyclic) bond motifs is 6. The molecule has 1 unspecified atom stereocenters. The third-order valence-electron chi connectivity index (χ3n) is 9.92. The van der Waals surface area contributed by atoms with E-state index in [0.717, 1.165) is 55.6 Å². The quantitative estimate of drug-likeness (QED) is 0.188. The second kappa shape index (κ2) is 12.0. The maximum absolute atomic E-state index is 6.53. The molecular formula is C47H31N3O. The van der Waals surface area contributed by atoms with Gasteiger partial charge in [0.15, 0.2) is 5.84 Å². The lowest BCUT2D eigenvalue weighted by molar-refractivity contribution is 0.668. The Morgan fingerprint density at radius 2 is 1.06 bits per heavy atom. The molecule has 0 amide bonds. The van der Waals surface area contributed by atoms with E-state index in [0.29, 0.717) is 5.84 Å². The molecule has 1 atom stereocenters. The summed E-state index contributed by atoms with van der Waals surface area (Å²) in [4.78, 5) is 10.6. The molecule has 0 radical (unpaired) electrons. The second-order valence-electron chi connectivity index (χ2n) is 13.0. The van der Waals surface area contributed by atoms with Gasteiger partial charge >= 0.3 is 0 Å². The van der Waals surface area contributed by atoms with E-state index in [9.17, 15) is 0 Å². The van der Waals surface area contributed by atoms with Crippen LogP contribution < -0.4 is 5.32 Å². The Hall–Kier alpha value is -6.78. The number of hydrogen-bond donors (Lipinski definition) is 1. The lowest BCUT2D eigenvalue weighted by Crippen LogP contribution is -2.33. The molecule has 51 heavy (non-hydrogen) atoms. The van der Waals surface area contributed by atoms with Crippen LogP contribution in [-0.4, -0.2) is 11.7 Å². The average Bonchev–Trinajstić information content (AvgIpc) is 3.59. The first-order valence-electron chi connectivity index (χ1n) is 17.3. The number of para-hydroxylation sites is 1. The molecule has 9 aromatic rings. The first-order chi connectivity index (χ1) is 25.2. The standard InChI is InChI=1S/C47H31N3O/c1-3-11-30(12-4-1)31-19-21-32(22-20-31)37-28-41(44-39-17-9-10-18-42(39)51-43(44)29-37)47-49-45(35-14-5-2-6-15-35)48-46(50-47)36-26-25-34-24-23-33-13-7-8-16-38(33)40(34)27-36/h1-29,46H,(H,48,49,50). The van der Waals surface area contributed by atoms with Crippen LogP contribution in [0.25, 0.3) is 65.7 Å². The van der Waals surface area contributed by atoms with Gasteiger partial charge in [0.2, 0.25) is 0 Å². The molecule has 240 valence electrons. The van der Waals surface area contributed by atoms with Crippen molar-refractivity contribution in [3.8, 4) is 22.3 Å². The molecule has 1 aliphatic rings. The third kappa shape index (κ3) is 5.17. The topological polar surface area (TPSA) is 49.9 Å². The molecule has 0 saturated carbocycles. The van der Waals surface area contributed by atoms with Gasteiger partial charge < -0.3 is 9.73 Å². The molecule has 1 N–H and O–H groups in total. The van der Waals surface area contributed by atoms with Crippen LogP contribution in [0.2, 0.25) is 0 Å². The second-order valence-corrected chi connectivity index (χ2v) is 13.0. The summed E-state index contributed by atoms with van der Waals surface area (Å²) in [5.74, 6) is 1.44. The summed E-state index contributed by atoms with van der Waals surface area (Å²) in [6.07, 6.45) is -0.363. The summed E-state index contributed by atoms with van der Waals surface area (Å²) in [5.41, 5.74) is 9.16. The smallest absolute Gasteiger partial charge is 0.160 e. The van der Waals surface area contributed by atoms with Gasteiger partial charge in [-0.15, -0.1) is 0 Å². The highest BCUT2D eigenvalue weighted by Crippen LogP contribution is 2.38. The normalized spacial score (nSPS) is 14.5. The number of aliphatic imine (C=N–C) groups is 2. The van der Waals surface area contributed by atoms with E-state index in [1.807, 2.05) is 36.4 Å². The summed E-state index contributed by atoms with van der Waals surface area (Å²) >= 11 is 0. The molecule has 0 spiro atoms. The number of hydrogen-bond acceptors (Lipinski definition) is 4. The minimum absolute atomic E-state index is 0.363. The zero-order valence-electron chi connectivity index (χ0n) is 27.6. The molecule has 4 nitrogen and oxygen atoms in total. The van der Waals surface area contributed by atoms with E-state index in [1.54, 1.807) is 0 Å². The monoisotopic (exact) mass is 653 g/mol. The van der Waals surface area contributed by atoms with Crippen molar-refractivity contribution in [2.24, 2.45) is 9.98 Å². The van der Waals surface area contributed by atoms with Crippen LogP contribution in [0, 0.1) is 0 Å². The fourth-order valence-electron chi connectivity index (χ4n) is 7.36. The maximum atomic E-state index is 6.53. The number of rotatable bonds is 5. The van der Waals surface area contributed by atoms with Crippen molar-refractivity contribution in [3.05, 3.63) is 193 Å². The van der Waals surface area contributed by atoms with Crippen molar-refractivity contribution in [2.75, 3.05) is 0 Å². The molecule has 2 heterocycles. The van der Waals surface area contributed by atoms with E-state index in [-0.39, 0.29) is 6.17 Å². The van der Waals surface area contributed by atoms with Crippen molar-refractivity contribution in [1.29, 1.82) is 0 Å². The van der Waals surface area contributed by atoms with E-state index in [4.69, 9.17) is 14.4 Å². The lowest BCUT2D eigenvalue weighted by atomic mass is 9.96. The summed E-state index contributed by atoms with van der Waals surface area (Å²) in [6, 6.07) is 61.7. The number of nitrogens with zero attached hydrogens (tertiary/aromatic N) is 2. The Bertz CT molecular complexity index is 2820. The zero-order valence-corrected chi connectivity index (χ0v) is 27.6. The van der Waals surface area contributed by atoms with Gasteiger partial charge in [-0.25, -0.2) is 9.98 Å². The average molecular weight is 654 g/mol. The number of furan rings is 1. The summed E-state index contributed by atoms with van der Waals surface area (Å²) < 4.78 is 6.53. The van der Waals surface area contributed by atoms with Crippen molar-refractivity contribution < 1.29 is 4.42 Å². The summed E-state index contributed by atoms with van der Waals surface area (Å²) in [7, 11) is 0. The molecule has 0 aliphatic carbocycles. The molecule has 0 saturated heterocycles. The molecule has 0 bridgehead atoms. The van der Waals surface area contributed by atoms with Crippen molar-refractivity contribution in [2.45, 2.75) is 6.17 Å². The van der Waals surface area contributed by atoms with Gasteiger partial charge in [-0.05, 0) is 73.6 Å². The minimum atomic E-state index is -0.363. The Morgan fingerprint density at radius 1 is 0.451 bits per heavy atom. The minimum Gasteiger partial charge on any atom is -0.456 e. The molecule has 8 aromatic carbocycles. The van der Waals surface area contributed by atoms with E-state index in [2.05, 4.69) is 145 Å². The highest BCUT2D eigenvalue weighted by atomic mass is 16.3. The Balaban J connectivity index is 1.17. The predicted octanol–water partition coefficient (Wildman–Crippen LogP) is 11.7. The van der Waals surface area contributed by atoms with Gasteiger partial charge in [-0.3, -0.25) is 0 Å². The highest BCUT2D eigenvalue weighted by Gasteiger charge is 2.25. The third-order valence-corrected chi connectivity index (χ3v) is 9.92. The van der Waals surface area contributed by atoms with Crippen LogP contribution in [0.15, 0.2) is 190 Å². The molecule has 1 aliphatic heterocycles. The number of benzene rings is 8. The number of amidine groups is 2. The Labute approximate surface area is 295 Å². The fraction of sp³-hybridized carbons (Fsp3) is 0.0213. The summed E-state index contributed by atoms with van der Waals surface area (Å²) in [5, 5.41) is 10.6. The predicted molar refractivity (Wildman–Crippen MR) is 211 cm³/mol. The van der Waals surface area contributed by atoms with Gasteiger partial charge in [0.25, 0.3) is 0 Å². The van der Waals surface area contributed by atoms with Crippen LogP contribution in [0.1, 0.15) is 22.9 Å². The molecular weight excluding hydrogens is 623 g/mol. The Kier molecular flexibility index (Phi) is 6.85. The van der Waals surface area contributed by atoms with E-state index < -0.39 is 0 Å². The van der Waals surface area contributed by atoms with Crippen LogP contribution >= 0.6 is 0 Å². The lowest BCUT2D eigenvalue weighted by Gasteiger charge is -2.24. The van der Waals surface area contributed by atoms with Crippen LogP contribution in [0.5, 0.6) is 0 Å². The molecule has 1 aromatic heterocycles. The van der Waals surface area contributed by atoms with Gasteiger partial charge in [0.05, 0.1) is 0 Å². The van der Waals surface area contributed by atoms with Gasteiger partial charge in [-0.2, -0.15) is 0 Å². The van der Waals surface area contributed by atoms with E-state index in [1.165, 1.54) is 32.7 Å². The number of nitrogens with one attached hydrogen (secondary N) is 1. The highest BCUT2D eigenvalue weighted by molar-refractivity contribution is 6.22. The fourth-order valence-corrected chi connectivity index (χ4v) is 7.36. The maximum Gasteiger partial charge on any atom is 0.160 e. The SMILES string of the molecule is c1ccc(C2=NC(c3cc(-c4ccc(-c5ccccc5)cc4)cc4oc5ccccc5c34)=NC(c3ccc4ccc5ccccc5c4c3)N2)cc1. The van der Waals surface area contributed by atoms with Crippen molar-refractivity contribution >= 4 is 55.2 Å². The van der Waals surface area contributed by atoms with Crippen LogP contribution in [0.4, 0.5) is 0 Å². The summed E-state index contributed by atoms with van der Waals surface area (Å²) in [6.45, 7) is 0. The van der Waals surface area contributed by atoms with Gasteiger partial charge in [0, 0.05) is 21.9 Å². The van der Waals surface area contributed by atoms with Crippen LogP contribution in [-0.2, 0) is 0 Å². The molecule has 0 fully saturated rings. The van der Waals surface area contributed by atoms with Crippen molar-refractivity contribution in [3.63, 3.8) is 0 Å². The zero-order chi connectivity index (χ0) is 33.7. The van der Waals surface area contributed by atoms with Gasteiger partial charge in [0.1, 0.15) is 23.2 Å². The first kappa shape index (κ1) is 29.2.